The monoisotopic (exact) mass is 239 g/mol. The minimum Gasteiger partial charge on any atom is -0.331 e. The summed E-state index contributed by atoms with van der Waals surface area (Å²) in [5, 5.41) is 3.89. The van der Waals surface area contributed by atoms with Crippen molar-refractivity contribution < 1.29 is 4.79 Å². The fourth-order valence-corrected chi connectivity index (χ4v) is 2.57. The molecule has 0 bridgehead atoms. The first-order valence-electron chi connectivity index (χ1n) is 5.70. The zero-order chi connectivity index (χ0) is 11.4. The summed E-state index contributed by atoms with van der Waals surface area (Å²) in [4.78, 5) is 19.1. The van der Waals surface area contributed by atoms with E-state index in [1.807, 2.05) is 18.0 Å². The van der Waals surface area contributed by atoms with Crippen molar-refractivity contribution in [3.63, 3.8) is 0 Å². The Labute approximate surface area is 99.7 Å². The highest BCUT2D eigenvalue weighted by Gasteiger charge is 2.15. The van der Waals surface area contributed by atoms with Crippen molar-refractivity contribution in [2.75, 3.05) is 13.1 Å². The number of aryl methyl sites for hydroxylation is 1. The van der Waals surface area contributed by atoms with E-state index in [1.165, 1.54) is 11.3 Å². The van der Waals surface area contributed by atoms with Gasteiger partial charge in [-0.05, 0) is 26.2 Å². The lowest BCUT2D eigenvalue weighted by Gasteiger charge is -2.26. The SMILES string of the molecule is Cc1cnc(CNC(=O)N2CCCCC2)s1. The number of thiazole rings is 1. The van der Waals surface area contributed by atoms with Gasteiger partial charge in [0.25, 0.3) is 0 Å². The molecule has 1 aromatic heterocycles. The molecule has 1 aromatic rings. The van der Waals surface area contributed by atoms with Crippen molar-refractivity contribution >= 4 is 17.4 Å². The van der Waals surface area contributed by atoms with Gasteiger partial charge in [0.1, 0.15) is 5.01 Å². The molecule has 5 heteroatoms. The second-order valence-electron chi connectivity index (χ2n) is 4.07. The number of carbonyl (C=O) groups excluding carboxylic acids is 1. The van der Waals surface area contributed by atoms with Crippen LogP contribution in [0.15, 0.2) is 6.20 Å². The van der Waals surface area contributed by atoms with Crippen LogP contribution in [-0.4, -0.2) is 29.0 Å². The van der Waals surface area contributed by atoms with Crippen LogP contribution in [-0.2, 0) is 6.54 Å². The highest BCUT2D eigenvalue weighted by atomic mass is 32.1. The summed E-state index contributed by atoms with van der Waals surface area (Å²) in [7, 11) is 0. The fourth-order valence-electron chi connectivity index (χ4n) is 1.84. The molecule has 1 N–H and O–H groups in total. The number of rotatable bonds is 2. The molecule has 16 heavy (non-hydrogen) atoms. The number of hydrogen-bond donors (Lipinski definition) is 1. The Bertz CT molecular complexity index is 358. The summed E-state index contributed by atoms with van der Waals surface area (Å²) >= 11 is 1.63. The molecule has 0 aromatic carbocycles. The van der Waals surface area contributed by atoms with E-state index >= 15 is 0 Å². The van der Waals surface area contributed by atoms with Crippen LogP contribution in [0.25, 0.3) is 0 Å². The zero-order valence-electron chi connectivity index (χ0n) is 9.53. The molecule has 0 spiro atoms. The quantitative estimate of drug-likeness (QED) is 0.859. The number of hydrogen-bond acceptors (Lipinski definition) is 3. The van der Waals surface area contributed by atoms with Gasteiger partial charge in [0.15, 0.2) is 0 Å². The van der Waals surface area contributed by atoms with Crippen molar-refractivity contribution in [1.29, 1.82) is 0 Å². The van der Waals surface area contributed by atoms with Crippen LogP contribution in [0.1, 0.15) is 29.1 Å². The highest BCUT2D eigenvalue weighted by Crippen LogP contribution is 2.11. The average Bonchev–Trinajstić information content (AvgIpc) is 2.73. The Morgan fingerprint density at radius 3 is 2.88 bits per heavy atom. The van der Waals surface area contributed by atoms with E-state index in [0.29, 0.717) is 6.54 Å². The van der Waals surface area contributed by atoms with Crippen LogP contribution >= 0.6 is 11.3 Å². The van der Waals surface area contributed by atoms with Crippen LogP contribution in [0.4, 0.5) is 4.79 Å². The number of urea groups is 1. The Morgan fingerprint density at radius 1 is 1.50 bits per heavy atom. The number of aromatic nitrogens is 1. The minimum atomic E-state index is 0.0487. The normalized spacial score (nSPS) is 16.2. The largest absolute Gasteiger partial charge is 0.331 e. The van der Waals surface area contributed by atoms with Crippen molar-refractivity contribution in [3.05, 3.63) is 16.1 Å². The fraction of sp³-hybridized carbons (Fsp3) is 0.636. The number of likely N-dealkylation sites (tertiary alicyclic amines) is 1. The van der Waals surface area contributed by atoms with Crippen molar-refractivity contribution in [2.45, 2.75) is 32.7 Å². The Hall–Kier alpha value is -1.10. The summed E-state index contributed by atoms with van der Waals surface area (Å²) in [5.74, 6) is 0. The topological polar surface area (TPSA) is 45.2 Å². The molecule has 88 valence electrons. The molecule has 0 radical (unpaired) electrons. The molecule has 2 amide bonds. The Balaban J connectivity index is 1.78. The summed E-state index contributed by atoms with van der Waals surface area (Å²) in [6.07, 6.45) is 5.34. The van der Waals surface area contributed by atoms with E-state index in [0.717, 1.165) is 30.9 Å². The maximum absolute atomic E-state index is 11.8. The van der Waals surface area contributed by atoms with Crippen LogP contribution in [0.2, 0.25) is 0 Å². The van der Waals surface area contributed by atoms with Crippen LogP contribution in [0.3, 0.4) is 0 Å². The summed E-state index contributed by atoms with van der Waals surface area (Å²) in [5.41, 5.74) is 0. The van der Waals surface area contributed by atoms with Gasteiger partial charge in [-0.25, -0.2) is 9.78 Å². The maximum Gasteiger partial charge on any atom is 0.317 e. The lowest BCUT2D eigenvalue weighted by atomic mass is 10.1. The first-order valence-corrected chi connectivity index (χ1v) is 6.51. The molecular formula is C11H17N3OS. The molecule has 0 unspecified atom stereocenters. The Morgan fingerprint density at radius 2 is 2.25 bits per heavy atom. The molecular weight excluding hydrogens is 222 g/mol. The number of nitrogens with one attached hydrogen (secondary N) is 1. The van der Waals surface area contributed by atoms with E-state index in [1.54, 1.807) is 11.3 Å². The Kier molecular flexibility index (Phi) is 3.77. The summed E-state index contributed by atoms with van der Waals surface area (Å²) < 4.78 is 0. The summed E-state index contributed by atoms with van der Waals surface area (Å²) in [6.45, 7) is 4.35. The lowest BCUT2D eigenvalue weighted by molar-refractivity contribution is 0.186. The molecule has 1 fully saturated rings. The standard InChI is InChI=1S/C11H17N3OS/c1-9-7-12-10(16-9)8-13-11(15)14-5-3-2-4-6-14/h7H,2-6,8H2,1H3,(H,13,15). The van der Waals surface area contributed by atoms with E-state index in [9.17, 15) is 4.79 Å². The first kappa shape index (κ1) is 11.4. The molecule has 1 aliphatic rings. The number of amides is 2. The molecule has 0 aliphatic carbocycles. The van der Waals surface area contributed by atoms with Gasteiger partial charge >= 0.3 is 6.03 Å². The number of piperidine rings is 1. The molecule has 1 aliphatic heterocycles. The van der Waals surface area contributed by atoms with Crippen LogP contribution in [0, 0.1) is 6.92 Å². The van der Waals surface area contributed by atoms with Gasteiger partial charge in [-0.3, -0.25) is 0 Å². The van der Waals surface area contributed by atoms with Crippen molar-refractivity contribution in [2.24, 2.45) is 0 Å². The third kappa shape index (κ3) is 2.95. The molecule has 1 saturated heterocycles. The second kappa shape index (κ2) is 5.30. The number of nitrogens with zero attached hydrogens (tertiary/aromatic N) is 2. The van der Waals surface area contributed by atoms with Gasteiger partial charge in [0, 0.05) is 24.2 Å². The predicted molar refractivity (Wildman–Crippen MR) is 64.5 cm³/mol. The van der Waals surface area contributed by atoms with Crippen molar-refractivity contribution in [3.8, 4) is 0 Å². The zero-order valence-corrected chi connectivity index (χ0v) is 10.3. The molecule has 0 atom stereocenters. The van der Waals surface area contributed by atoms with Gasteiger partial charge in [-0.1, -0.05) is 0 Å². The maximum atomic E-state index is 11.8. The van der Waals surface area contributed by atoms with Gasteiger partial charge in [0.2, 0.25) is 0 Å². The van der Waals surface area contributed by atoms with Gasteiger partial charge in [0.05, 0.1) is 6.54 Å². The van der Waals surface area contributed by atoms with Crippen LogP contribution < -0.4 is 5.32 Å². The van der Waals surface area contributed by atoms with Crippen molar-refractivity contribution in [1.82, 2.24) is 15.2 Å². The predicted octanol–water partition coefficient (Wildman–Crippen LogP) is 2.15. The van der Waals surface area contributed by atoms with E-state index in [2.05, 4.69) is 10.3 Å². The second-order valence-corrected chi connectivity index (χ2v) is 5.39. The third-order valence-corrected chi connectivity index (χ3v) is 3.62. The lowest BCUT2D eigenvalue weighted by Crippen LogP contribution is -2.42. The van der Waals surface area contributed by atoms with E-state index in [4.69, 9.17) is 0 Å². The van der Waals surface area contributed by atoms with Gasteiger partial charge in [-0.15, -0.1) is 11.3 Å². The average molecular weight is 239 g/mol. The third-order valence-electron chi connectivity index (χ3n) is 2.70. The summed E-state index contributed by atoms with van der Waals surface area (Å²) in [6, 6.07) is 0.0487. The van der Waals surface area contributed by atoms with Crippen LogP contribution in [0.5, 0.6) is 0 Å². The molecule has 0 saturated carbocycles. The first-order chi connectivity index (χ1) is 7.75. The van der Waals surface area contributed by atoms with Gasteiger partial charge < -0.3 is 10.2 Å². The highest BCUT2D eigenvalue weighted by molar-refractivity contribution is 7.11. The minimum absolute atomic E-state index is 0.0487. The van der Waals surface area contributed by atoms with E-state index in [-0.39, 0.29) is 6.03 Å². The number of carbonyl (C=O) groups is 1. The van der Waals surface area contributed by atoms with Gasteiger partial charge in [-0.2, -0.15) is 0 Å². The molecule has 2 rings (SSSR count). The molecule has 2 heterocycles. The smallest absolute Gasteiger partial charge is 0.317 e. The van der Waals surface area contributed by atoms with E-state index < -0.39 is 0 Å². The molecule has 4 nitrogen and oxygen atoms in total.